The number of anilines is 1. The number of aliphatic carboxylic acids is 1. The van der Waals surface area contributed by atoms with Crippen molar-refractivity contribution in [3.8, 4) is 0 Å². The van der Waals surface area contributed by atoms with Gasteiger partial charge in [0.15, 0.2) is 0 Å². The van der Waals surface area contributed by atoms with Gasteiger partial charge in [0, 0.05) is 6.54 Å². The summed E-state index contributed by atoms with van der Waals surface area (Å²) in [4.78, 5) is 22.0. The van der Waals surface area contributed by atoms with Gasteiger partial charge in [0.2, 0.25) is 0 Å². The second kappa shape index (κ2) is 6.94. The number of hydrogen-bond donors (Lipinski definition) is 3. The van der Waals surface area contributed by atoms with Gasteiger partial charge in [-0.25, -0.2) is 9.18 Å². The van der Waals surface area contributed by atoms with Crippen LogP contribution in [0.3, 0.4) is 0 Å². The molecule has 5 nitrogen and oxygen atoms in total. The molecule has 0 radical (unpaired) electrons. The Balaban J connectivity index is 2.43. The lowest BCUT2D eigenvalue weighted by Crippen LogP contribution is -2.31. The van der Waals surface area contributed by atoms with Gasteiger partial charge in [-0.1, -0.05) is 18.5 Å². The van der Waals surface area contributed by atoms with Crippen LogP contribution in [0.2, 0.25) is 5.02 Å². The molecule has 1 aromatic carbocycles. The summed E-state index contributed by atoms with van der Waals surface area (Å²) in [7, 11) is 0. The van der Waals surface area contributed by atoms with Gasteiger partial charge in [0.25, 0.3) is 0 Å². The number of urea groups is 1. The van der Waals surface area contributed by atoms with Gasteiger partial charge >= 0.3 is 12.0 Å². The van der Waals surface area contributed by atoms with Crippen molar-refractivity contribution >= 4 is 29.3 Å². The van der Waals surface area contributed by atoms with E-state index in [4.69, 9.17) is 16.7 Å². The topological polar surface area (TPSA) is 78.4 Å². The zero-order chi connectivity index (χ0) is 14.4. The predicted octanol–water partition coefficient (Wildman–Crippen LogP) is 2.71. The van der Waals surface area contributed by atoms with Gasteiger partial charge in [-0.15, -0.1) is 0 Å². The fourth-order valence-electron chi connectivity index (χ4n) is 1.29. The van der Waals surface area contributed by atoms with Crippen LogP contribution in [-0.2, 0) is 4.79 Å². The summed E-state index contributed by atoms with van der Waals surface area (Å²) in [6, 6.07) is 3.05. The standard InChI is InChI=1S/C12H14ClFN2O3/c1-7(11(17)18)4-5-15-12(19)16-10-6-8(14)2-3-9(10)13/h2-3,6-7H,4-5H2,1H3,(H,17,18)(H2,15,16,19). The van der Waals surface area contributed by atoms with E-state index in [2.05, 4.69) is 10.6 Å². The molecule has 0 fully saturated rings. The Bertz CT molecular complexity index is 482. The van der Waals surface area contributed by atoms with E-state index in [1.165, 1.54) is 12.1 Å². The van der Waals surface area contributed by atoms with Crippen LogP contribution < -0.4 is 10.6 Å². The maximum atomic E-state index is 12.9. The Morgan fingerprint density at radius 3 is 2.79 bits per heavy atom. The molecule has 0 saturated heterocycles. The SMILES string of the molecule is CC(CCNC(=O)Nc1cc(F)ccc1Cl)C(=O)O. The highest BCUT2D eigenvalue weighted by atomic mass is 35.5. The summed E-state index contributed by atoms with van der Waals surface area (Å²) in [5.74, 6) is -1.98. The van der Waals surface area contributed by atoms with Crippen molar-refractivity contribution in [1.29, 1.82) is 0 Å². The van der Waals surface area contributed by atoms with Crippen molar-refractivity contribution in [2.45, 2.75) is 13.3 Å². The minimum Gasteiger partial charge on any atom is -0.481 e. The number of carboxylic acids is 1. The molecule has 2 amide bonds. The van der Waals surface area contributed by atoms with Crippen molar-refractivity contribution in [3.63, 3.8) is 0 Å². The lowest BCUT2D eigenvalue weighted by atomic mass is 10.1. The fraction of sp³-hybridized carbons (Fsp3) is 0.333. The first-order chi connectivity index (χ1) is 8.90. The molecule has 1 rings (SSSR count). The molecule has 0 aliphatic rings. The van der Waals surface area contributed by atoms with Crippen molar-refractivity contribution in [2.75, 3.05) is 11.9 Å². The summed E-state index contributed by atoms with van der Waals surface area (Å²) in [5.41, 5.74) is 0.158. The molecule has 0 heterocycles. The number of nitrogens with one attached hydrogen (secondary N) is 2. The van der Waals surface area contributed by atoms with Crippen LogP contribution in [0.15, 0.2) is 18.2 Å². The Morgan fingerprint density at radius 1 is 1.47 bits per heavy atom. The van der Waals surface area contributed by atoms with Crippen molar-refractivity contribution in [3.05, 3.63) is 29.0 Å². The third-order valence-electron chi connectivity index (χ3n) is 2.46. The Kier molecular flexibility index (Phi) is 5.57. The zero-order valence-electron chi connectivity index (χ0n) is 10.2. The Morgan fingerprint density at radius 2 is 2.16 bits per heavy atom. The van der Waals surface area contributed by atoms with Gasteiger partial charge in [-0.3, -0.25) is 4.79 Å². The number of carboxylic acid groups (broad SMARTS) is 1. The number of hydrogen-bond acceptors (Lipinski definition) is 2. The zero-order valence-corrected chi connectivity index (χ0v) is 11.0. The van der Waals surface area contributed by atoms with Gasteiger partial charge in [-0.05, 0) is 24.6 Å². The van der Waals surface area contributed by atoms with Crippen LogP contribution in [0.4, 0.5) is 14.9 Å². The van der Waals surface area contributed by atoms with Crippen molar-refractivity contribution < 1.29 is 19.1 Å². The minimum absolute atomic E-state index is 0.158. The molecule has 1 atom stereocenters. The first-order valence-corrected chi connectivity index (χ1v) is 6.00. The summed E-state index contributed by atoms with van der Waals surface area (Å²) in [6.07, 6.45) is 0.305. The molecule has 0 bridgehead atoms. The summed E-state index contributed by atoms with van der Waals surface area (Å²) >= 11 is 5.78. The number of rotatable bonds is 5. The van der Waals surface area contributed by atoms with Gasteiger partial charge in [0.05, 0.1) is 16.6 Å². The molecule has 0 aliphatic carbocycles. The van der Waals surface area contributed by atoms with Gasteiger partial charge < -0.3 is 15.7 Å². The average molecular weight is 289 g/mol. The van der Waals surface area contributed by atoms with E-state index in [0.717, 1.165) is 6.07 Å². The summed E-state index contributed by atoms with van der Waals surface area (Å²) < 4.78 is 12.9. The van der Waals surface area contributed by atoms with E-state index in [-0.39, 0.29) is 17.3 Å². The third kappa shape index (κ3) is 5.13. The van der Waals surface area contributed by atoms with Gasteiger partial charge in [-0.2, -0.15) is 0 Å². The third-order valence-corrected chi connectivity index (χ3v) is 2.79. The first kappa shape index (κ1) is 15.2. The number of carbonyl (C=O) groups excluding carboxylic acids is 1. The molecule has 104 valence electrons. The molecule has 0 saturated carbocycles. The van der Waals surface area contributed by atoms with E-state index in [1.54, 1.807) is 6.92 Å². The van der Waals surface area contributed by atoms with Gasteiger partial charge in [0.1, 0.15) is 5.82 Å². The number of amides is 2. The largest absolute Gasteiger partial charge is 0.481 e. The second-order valence-corrected chi connectivity index (χ2v) is 4.44. The minimum atomic E-state index is -0.921. The molecule has 0 spiro atoms. The highest BCUT2D eigenvalue weighted by Crippen LogP contribution is 2.22. The number of carbonyl (C=O) groups is 2. The molecule has 7 heteroatoms. The molecule has 0 aliphatic heterocycles. The average Bonchev–Trinajstić information content (AvgIpc) is 2.33. The predicted molar refractivity (Wildman–Crippen MR) is 69.8 cm³/mol. The molecule has 1 aromatic rings. The highest BCUT2D eigenvalue weighted by molar-refractivity contribution is 6.33. The monoisotopic (exact) mass is 288 g/mol. The molecular formula is C12H14ClFN2O3. The van der Waals surface area contributed by atoms with E-state index >= 15 is 0 Å². The second-order valence-electron chi connectivity index (χ2n) is 4.03. The highest BCUT2D eigenvalue weighted by Gasteiger charge is 2.11. The van der Waals surface area contributed by atoms with Crippen LogP contribution in [-0.4, -0.2) is 23.7 Å². The van der Waals surface area contributed by atoms with Crippen LogP contribution in [0, 0.1) is 11.7 Å². The maximum Gasteiger partial charge on any atom is 0.319 e. The van der Waals surface area contributed by atoms with E-state index < -0.39 is 23.7 Å². The first-order valence-electron chi connectivity index (χ1n) is 5.63. The summed E-state index contributed by atoms with van der Waals surface area (Å²) in [6.45, 7) is 1.75. The van der Waals surface area contributed by atoms with E-state index in [9.17, 15) is 14.0 Å². The van der Waals surface area contributed by atoms with Crippen molar-refractivity contribution in [2.24, 2.45) is 5.92 Å². The van der Waals surface area contributed by atoms with Crippen LogP contribution in [0.5, 0.6) is 0 Å². The van der Waals surface area contributed by atoms with Crippen LogP contribution in [0.25, 0.3) is 0 Å². The fourth-order valence-corrected chi connectivity index (χ4v) is 1.45. The lowest BCUT2D eigenvalue weighted by Gasteiger charge is -2.10. The molecular weight excluding hydrogens is 275 g/mol. The molecule has 1 unspecified atom stereocenters. The quantitative estimate of drug-likeness (QED) is 0.779. The van der Waals surface area contributed by atoms with Crippen molar-refractivity contribution in [1.82, 2.24) is 5.32 Å². The number of benzene rings is 1. The van der Waals surface area contributed by atoms with Crippen LogP contribution >= 0.6 is 11.6 Å². The Hall–Kier alpha value is -1.82. The molecule has 0 aromatic heterocycles. The van der Waals surface area contributed by atoms with E-state index in [0.29, 0.717) is 6.42 Å². The molecule has 3 N–H and O–H groups in total. The molecule has 19 heavy (non-hydrogen) atoms. The normalized spacial score (nSPS) is 11.7. The lowest BCUT2D eigenvalue weighted by molar-refractivity contribution is -0.141. The number of halogens is 2. The summed E-state index contributed by atoms with van der Waals surface area (Å²) in [5, 5.41) is 13.7. The van der Waals surface area contributed by atoms with E-state index in [1.807, 2.05) is 0 Å². The maximum absolute atomic E-state index is 12.9. The van der Waals surface area contributed by atoms with Crippen LogP contribution in [0.1, 0.15) is 13.3 Å². The Labute approximate surface area is 114 Å². The smallest absolute Gasteiger partial charge is 0.319 e.